The van der Waals surface area contributed by atoms with Crippen molar-refractivity contribution in [3.05, 3.63) is 28.2 Å². The van der Waals surface area contributed by atoms with Gasteiger partial charge in [-0.1, -0.05) is 29.8 Å². The number of nitrogens with one attached hydrogen (secondary N) is 1. The van der Waals surface area contributed by atoms with E-state index in [0.29, 0.717) is 11.7 Å². The Labute approximate surface area is 122 Å². The second-order valence-electron chi connectivity index (χ2n) is 4.65. The van der Waals surface area contributed by atoms with Crippen LogP contribution in [0.25, 0.3) is 0 Å². The van der Waals surface area contributed by atoms with Crippen LogP contribution in [0.15, 0.2) is 22.7 Å². The number of carbonyl (C=O) groups excluding carboxylic acids is 1. The lowest BCUT2D eigenvalue weighted by Crippen LogP contribution is -2.32. The van der Waals surface area contributed by atoms with E-state index >= 15 is 0 Å². The average molecular weight is 330 g/mol. The van der Waals surface area contributed by atoms with Crippen molar-refractivity contribution in [3.8, 4) is 5.75 Å². The first kappa shape index (κ1) is 16.0. The Morgan fingerprint density at radius 3 is 2.58 bits per heavy atom. The Balaban J connectivity index is 3.05. The van der Waals surface area contributed by atoms with E-state index in [9.17, 15) is 4.79 Å². The molecule has 0 amide bonds. The standard InChI is InChI=1S/C14H20BrNO3/c1-9(2)8-16-13(14(17)19-4)11-7-10(18-3)5-6-12(11)15/h5-7,9,13,16H,8H2,1-4H3. The van der Waals surface area contributed by atoms with Crippen LogP contribution in [0.2, 0.25) is 0 Å². The van der Waals surface area contributed by atoms with Crippen molar-refractivity contribution >= 4 is 21.9 Å². The number of halogens is 1. The van der Waals surface area contributed by atoms with Gasteiger partial charge in [0.05, 0.1) is 14.2 Å². The van der Waals surface area contributed by atoms with Gasteiger partial charge < -0.3 is 14.8 Å². The van der Waals surface area contributed by atoms with Gasteiger partial charge >= 0.3 is 5.97 Å². The summed E-state index contributed by atoms with van der Waals surface area (Å²) in [6, 6.07) is 5.03. The number of rotatable bonds is 6. The number of ether oxygens (including phenoxy) is 2. The van der Waals surface area contributed by atoms with Crippen molar-refractivity contribution in [2.75, 3.05) is 20.8 Å². The van der Waals surface area contributed by atoms with Gasteiger partial charge in [-0.3, -0.25) is 0 Å². The van der Waals surface area contributed by atoms with E-state index in [-0.39, 0.29) is 5.97 Å². The predicted octanol–water partition coefficient (Wildman–Crippen LogP) is 2.92. The zero-order valence-electron chi connectivity index (χ0n) is 11.7. The van der Waals surface area contributed by atoms with E-state index in [2.05, 4.69) is 35.1 Å². The van der Waals surface area contributed by atoms with Crippen LogP contribution >= 0.6 is 15.9 Å². The smallest absolute Gasteiger partial charge is 0.327 e. The number of hydrogen-bond acceptors (Lipinski definition) is 4. The molecule has 5 heteroatoms. The van der Waals surface area contributed by atoms with Gasteiger partial charge in [0.25, 0.3) is 0 Å². The fraction of sp³-hybridized carbons (Fsp3) is 0.500. The van der Waals surface area contributed by atoms with E-state index in [1.54, 1.807) is 7.11 Å². The zero-order chi connectivity index (χ0) is 14.4. The summed E-state index contributed by atoms with van der Waals surface area (Å²) in [4.78, 5) is 11.9. The molecule has 0 aromatic heterocycles. The quantitative estimate of drug-likeness (QED) is 0.815. The molecule has 0 bridgehead atoms. The molecule has 4 nitrogen and oxygen atoms in total. The Morgan fingerprint density at radius 1 is 1.37 bits per heavy atom. The minimum absolute atomic E-state index is 0.311. The molecule has 1 aromatic carbocycles. The van der Waals surface area contributed by atoms with E-state index in [1.807, 2.05) is 18.2 Å². The van der Waals surface area contributed by atoms with Crippen LogP contribution in [-0.2, 0) is 9.53 Å². The first-order valence-electron chi connectivity index (χ1n) is 6.14. The molecular weight excluding hydrogens is 310 g/mol. The van der Waals surface area contributed by atoms with Crippen molar-refractivity contribution in [3.63, 3.8) is 0 Å². The maximum Gasteiger partial charge on any atom is 0.327 e. The van der Waals surface area contributed by atoms with E-state index in [4.69, 9.17) is 9.47 Å². The van der Waals surface area contributed by atoms with Crippen molar-refractivity contribution in [2.45, 2.75) is 19.9 Å². The third kappa shape index (κ3) is 4.51. The lowest BCUT2D eigenvalue weighted by atomic mass is 10.1. The second-order valence-corrected chi connectivity index (χ2v) is 5.50. The van der Waals surface area contributed by atoms with Crippen molar-refractivity contribution in [1.82, 2.24) is 5.32 Å². The van der Waals surface area contributed by atoms with Gasteiger partial charge in [0, 0.05) is 4.47 Å². The van der Waals surface area contributed by atoms with Gasteiger partial charge in [-0.2, -0.15) is 0 Å². The summed E-state index contributed by atoms with van der Waals surface area (Å²) in [6.07, 6.45) is 0. The normalized spacial score (nSPS) is 12.3. The molecule has 19 heavy (non-hydrogen) atoms. The van der Waals surface area contributed by atoms with E-state index < -0.39 is 6.04 Å². The molecule has 0 spiro atoms. The molecule has 0 radical (unpaired) electrons. The molecule has 0 saturated carbocycles. The van der Waals surface area contributed by atoms with Crippen LogP contribution in [0, 0.1) is 5.92 Å². The molecule has 1 N–H and O–H groups in total. The molecule has 1 unspecified atom stereocenters. The third-order valence-electron chi connectivity index (χ3n) is 2.68. The summed E-state index contributed by atoms with van der Waals surface area (Å²) in [6.45, 7) is 4.90. The van der Waals surface area contributed by atoms with Crippen LogP contribution in [0.3, 0.4) is 0 Å². The fourth-order valence-electron chi connectivity index (χ4n) is 1.66. The Hall–Kier alpha value is -1.07. The van der Waals surface area contributed by atoms with Gasteiger partial charge in [-0.25, -0.2) is 4.79 Å². The molecular formula is C14H20BrNO3. The molecule has 0 fully saturated rings. The Kier molecular flexibility index (Phi) is 6.31. The summed E-state index contributed by atoms with van der Waals surface area (Å²) in [5.74, 6) is 0.838. The lowest BCUT2D eigenvalue weighted by molar-refractivity contribution is -0.143. The van der Waals surface area contributed by atoms with Crippen molar-refractivity contribution in [2.24, 2.45) is 5.92 Å². The summed E-state index contributed by atoms with van der Waals surface area (Å²) >= 11 is 3.46. The molecule has 0 saturated heterocycles. The van der Waals surface area contributed by atoms with Crippen LogP contribution in [0.1, 0.15) is 25.5 Å². The lowest BCUT2D eigenvalue weighted by Gasteiger charge is -2.20. The number of carbonyl (C=O) groups is 1. The molecule has 0 aliphatic heterocycles. The topological polar surface area (TPSA) is 47.6 Å². The van der Waals surface area contributed by atoms with Gasteiger partial charge in [0.15, 0.2) is 0 Å². The number of benzene rings is 1. The van der Waals surface area contributed by atoms with Crippen molar-refractivity contribution in [1.29, 1.82) is 0 Å². The Bertz CT molecular complexity index is 435. The van der Waals surface area contributed by atoms with Crippen LogP contribution in [-0.4, -0.2) is 26.7 Å². The highest BCUT2D eigenvalue weighted by Crippen LogP contribution is 2.28. The van der Waals surface area contributed by atoms with Gasteiger partial charge in [0.1, 0.15) is 11.8 Å². The fourth-order valence-corrected chi connectivity index (χ4v) is 2.14. The SMILES string of the molecule is COC(=O)C(NCC(C)C)c1cc(OC)ccc1Br. The molecule has 0 aliphatic rings. The van der Waals surface area contributed by atoms with Crippen LogP contribution in [0.4, 0.5) is 0 Å². The van der Waals surface area contributed by atoms with E-state index in [0.717, 1.165) is 16.6 Å². The minimum atomic E-state index is -0.503. The highest BCUT2D eigenvalue weighted by Gasteiger charge is 2.23. The molecule has 1 aromatic rings. The number of hydrogen-bond donors (Lipinski definition) is 1. The summed E-state index contributed by atoms with van der Waals surface area (Å²) < 4.78 is 10.9. The maximum atomic E-state index is 11.9. The molecule has 106 valence electrons. The highest BCUT2D eigenvalue weighted by molar-refractivity contribution is 9.10. The van der Waals surface area contributed by atoms with Crippen LogP contribution < -0.4 is 10.1 Å². The predicted molar refractivity (Wildman–Crippen MR) is 78.3 cm³/mol. The molecule has 1 atom stereocenters. The number of methoxy groups -OCH3 is 2. The van der Waals surface area contributed by atoms with Crippen molar-refractivity contribution < 1.29 is 14.3 Å². The summed E-state index contributed by atoms with van der Waals surface area (Å²) in [5, 5.41) is 3.22. The minimum Gasteiger partial charge on any atom is -0.497 e. The van der Waals surface area contributed by atoms with Gasteiger partial charge in [-0.15, -0.1) is 0 Å². The monoisotopic (exact) mass is 329 g/mol. The first-order chi connectivity index (χ1) is 8.99. The molecule has 1 rings (SSSR count). The second kappa shape index (κ2) is 7.50. The highest BCUT2D eigenvalue weighted by atomic mass is 79.9. The third-order valence-corrected chi connectivity index (χ3v) is 3.40. The first-order valence-corrected chi connectivity index (χ1v) is 6.93. The Morgan fingerprint density at radius 2 is 2.05 bits per heavy atom. The molecule has 0 aliphatic carbocycles. The largest absolute Gasteiger partial charge is 0.497 e. The summed E-state index contributed by atoms with van der Waals surface area (Å²) in [5.41, 5.74) is 0.812. The summed E-state index contributed by atoms with van der Waals surface area (Å²) in [7, 11) is 2.99. The molecule has 0 heterocycles. The zero-order valence-corrected chi connectivity index (χ0v) is 13.3. The van der Waals surface area contributed by atoms with Gasteiger partial charge in [0.2, 0.25) is 0 Å². The maximum absolute atomic E-state index is 11.9. The number of esters is 1. The van der Waals surface area contributed by atoms with Gasteiger partial charge in [-0.05, 0) is 36.2 Å². The van der Waals surface area contributed by atoms with E-state index in [1.165, 1.54) is 7.11 Å². The van der Waals surface area contributed by atoms with Crippen LogP contribution in [0.5, 0.6) is 5.75 Å². The average Bonchev–Trinajstić information content (AvgIpc) is 2.40.